The topological polar surface area (TPSA) is 8.81 Å². The van der Waals surface area contributed by atoms with Crippen LogP contribution in [0, 0.1) is 20.8 Å². The number of nitrogens with zero attached hydrogens (tertiary/aromatic N) is 2. The van der Waals surface area contributed by atoms with Gasteiger partial charge in [0.2, 0.25) is 6.33 Å². The van der Waals surface area contributed by atoms with Gasteiger partial charge in [0.1, 0.15) is 24.1 Å². The zero-order chi connectivity index (χ0) is 13.4. The van der Waals surface area contributed by atoms with E-state index in [1.807, 2.05) is 0 Å². The summed E-state index contributed by atoms with van der Waals surface area (Å²) in [6.45, 7) is 6.57. The molecule has 0 unspecified atom stereocenters. The Bertz CT molecular complexity index is 566. The van der Waals surface area contributed by atoms with Crippen molar-refractivity contribution in [2.45, 2.75) is 52.5 Å². The van der Waals surface area contributed by atoms with E-state index >= 15 is 0 Å². The molecule has 2 nitrogen and oxygen atoms in total. The van der Waals surface area contributed by atoms with Gasteiger partial charge in [-0.1, -0.05) is 17.7 Å². The Balaban J connectivity index is 1.98. The van der Waals surface area contributed by atoms with E-state index in [4.69, 9.17) is 0 Å². The number of rotatable bonds is 2. The van der Waals surface area contributed by atoms with Gasteiger partial charge in [0.05, 0.1) is 0 Å². The number of hydrogen-bond donors (Lipinski definition) is 0. The largest absolute Gasteiger partial charge is 0.249 e. The fourth-order valence-electron chi connectivity index (χ4n) is 3.50. The Labute approximate surface area is 115 Å². The number of imidazole rings is 1. The maximum atomic E-state index is 2.39. The van der Waals surface area contributed by atoms with Crippen molar-refractivity contribution in [1.29, 1.82) is 0 Å². The Kier molecular flexibility index (Phi) is 3.17. The average molecular weight is 255 g/mol. The monoisotopic (exact) mass is 255 g/mol. The summed E-state index contributed by atoms with van der Waals surface area (Å²) < 4.78 is 4.67. The van der Waals surface area contributed by atoms with E-state index in [-0.39, 0.29) is 0 Å². The first-order valence-electron chi connectivity index (χ1n) is 7.32. The maximum Gasteiger partial charge on any atom is 0.249 e. The summed E-state index contributed by atoms with van der Waals surface area (Å²) >= 11 is 0. The summed E-state index contributed by atoms with van der Waals surface area (Å²) in [5, 5.41) is 0. The van der Waals surface area contributed by atoms with Crippen molar-refractivity contribution < 1.29 is 4.57 Å². The van der Waals surface area contributed by atoms with Gasteiger partial charge >= 0.3 is 0 Å². The molecule has 19 heavy (non-hydrogen) atoms. The highest BCUT2D eigenvalue weighted by atomic mass is 15.1. The Hall–Kier alpha value is -1.57. The fourth-order valence-corrected chi connectivity index (χ4v) is 3.50. The molecule has 0 aliphatic heterocycles. The second kappa shape index (κ2) is 4.84. The lowest BCUT2D eigenvalue weighted by molar-refractivity contribution is -0.721. The van der Waals surface area contributed by atoms with Crippen LogP contribution in [0.25, 0.3) is 5.69 Å². The quantitative estimate of drug-likeness (QED) is 0.722. The van der Waals surface area contributed by atoms with Gasteiger partial charge < -0.3 is 0 Å². The van der Waals surface area contributed by atoms with E-state index < -0.39 is 0 Å². The first kappa shape index (κ1) is 12.5. The van der Waals surface area contributed by atoms with Gasteiger partial charge in [-0.05, 0) is 57.6 Å². The van der Waals surface area contributed by atoms with Gasteiger partial charge in [0.25, 0.3) is 0 Å². The second-order valence-corrected chi connectivity index (χ2v) is 5.95. The van der Waals surface area contributed by atoms with Gasteiger partial charge in [0.15, 0.2) is 0 Å². The third kappa shape index (κ3) is 2.32. The predicted octanol–water partition coefficient (Wildman–Crippen LogP) is 3.81. The van der Waals surface area contributed by atoms with Gasteiger partial charge in [0, 0.05) is 0 Å². The van der Waals surface area contributed by atoms with E-state index in [1.54, 1.807) is 0 Å². The highest BCUT2D eigenvalue weighted by molar-refractivity contribution is 5.48. The molecule has 0 radical (unpaired) electrons. The van der Waals surface area contributed by atoms with Crippen LogP contribution < -0.4 is 4.57 Å². The molecular weight excluding hydrogens is 232 g/mol. The van der Waals surface area contributed by atoms with Crippen LogP contribution in [-0.4, -0.2) is 4.57 Å². The van der Waals surface area contributed by atoms with Crippen LogP contribution in [0.5, 0.6) is 0 Å². The SMILES string of the molecule is Cc1cc(C)c(-n2cc[n+](C3CCCC3)c2)c(C)c1. The van der Waals surface area contributed by atoms with Gasteiger partial charge in [-0.2, -0.15) is 0 Å². The molecule has 0 amide bonds. The lowest BCUT2D eigenvalue weighted by Gasteiger charge is -2.07. The Morgan fingerprint density at radius 1 is 1.05 bits per heavy atom. The molecule has 1 saturated carbocycles. The summed E-state index contributed by atoms with van der Waals surface area (Å²) in [6.07, 6.45) is 12.1. The van der Waals surface area contributed by atoms with Gasteiger partial charge in [-0.3, -0.25) is 0 Å². The minimum atomic E-state index is 0.715. The summed E-state index contributed by atoms with van der Waals surface area (Å²) in [4.78, 5) is 0. The summed E-state index contributed by atoms with van der Waals surface area (Å²) in [6, 6.07) is 5.25. The summed E-state index contributed by atoms with van der Waals surface area (Å²) in [7, 11) is 0. The minimum absolute atomic E-state index is 0.715. The zero-order valence-electron chi connectivity index (χ0n) is 12.2. The highest BCUT2D eigenvalue weighted by Crippen LogP contribution is 2.25. The fraction of sp³-hybridized carbons (Fsp3) is 0.471. The number of aromatic nitrogens is 2. The molecule has 100 valence electrons. The van der Waals surface area contributed by atoms with Gasteiger partial charge in [-0.15, -0.1) is 0 Å². The van der Waals surface area contributed by atoms with Crippen molar-refractivity contribution in [3.8, 4) is 5.69 Å². The molecule has 0 saturated heterocycles. The van der Waals surface area contributed by atoms with Crippen molar-refractivity contribution in [3.63, 3.8) is 0 Å². The Morgan fingerprint density at radius 3 is 2.32 bits per heavy atom. The third-order valence-corrected chi connectivity index (χ3v) is 4.30. The molecule has 3 rings (SSSR count). The maximum absolute atomic E-state index is 2.39. The first-order valence-corrected chi connectivity index (χ1v) is 7.32. The minimum Gasteiger partial charge on any atom is -0.234 e. The van der Waals surface area contributed by atoms with E-state index in [1.165, 1.54) is 48.1 Å². The van der Waals surface area contributed by atoms with Crippen molar-refractivity contribution in [1.82, 2.24) is 4.57 Å². The highest BCUT2D eigenvalue weighted by Gasteiger charge is 2.22. The molecule has 1 aromatic heterocycles. The third-order valence-electron chi connectivity index (χ3n) is 4.30. The number of aryl methyl sites for hydroxylation is 3. The smallest absolute Gasteiger partial charge is 0.234 e. The van der Waals surface area contributed by atoms with E-state index in [0.717, 1.165) is 0 Å². The molecule has 1 fully saturated rings. The first-order chi connectivity index (χ1) is 9.15. The molecule has 1 aromatic carbocycles. The van der Waals surface area contributed by atoms with Crippen LogP contribution in [0.1, 0.15) is 48.4 Å². The van der Waals surface area contributed by atoms with Crippen LogP contribution in [0.4, 0.5) is 0 Å². The van der Waals surface area contributed by atoms with Crippen molar-refractivity contribution in [2.75, 3.05) is 0 Å². The van der Waals surface area contributed by atoms with Crippen LogP contribution in [0.15, 0.2) is 30.9 Å². The van der Waals surface area contributed by atoms with Crippen LogP contribution in [-0.2, 0) is 0 Å². The second-order valence-electron chi connectivity index (χ2n) is 5.95. The van der Waals surface area contributed by atoms with Crippen LogP contribution in [0.2, 0.25) is 0 Å². The molecule has 0 atom stereocenters. The zero-order valence-corrected chi connectivity index (χ0v) is 12.2. The summed E-state index contributed by atoms with van der Waals surface area (Å²) in [5.74, 6) is 0. The lowest BCUT2D eigenvalue weighted by atomic mass is 10.1. The van der Waals surface area contributed by atoms with E-state index in [9.17, 15) is 0 Å². The molecule has 2 heteroatoms. The molecule has 1 aliphatic rings. The molecule has 0 bridgehead atoms. The predicted molar refractivity (Wildman–Crippen MR) is 77.7 cm³/mol. The molecule has 1 heterocycles. The summed E-state index contributed by atoms with van der Waals surface area (Å²) in [5.41, 5.74) is 5.38. The van der Waals surface area contributed by atoms with Crippen LogP contribution >= 0.6 is 0 Å². The average Bonchev–Trinajstić information content (AvgIpc) is 2.97. The van der Waals surface area contributed by atoms with Crippen LogP contribution in [0.3, 0.4) is 0 Å². The normalized spacial score (nSPS) is 16.2. The standard InChI is InChI=1S/C17H23N2/c1-13-10-14(2)17(15(3)11-13)19-9-8-18(12-19)16-6-4-5-7-16/h8-12,16H,4-7H2,1-3H3/q+1. The molecule has 1 aliphatic carbocycles. The number of benzene rings is 1. The molecule has 0 spiro atoms. The lowest BCUT2D eigenvalue weighted by Crippen LogP contribution is -2.35. The molecular formula is C17H23N2+. The molecule has 0 N–H and O–H groups in total. The van der Waals surface area contributed by atoms with E-state index in [0.29, 0.717) is 6.04 Å². The number of hydrogen-bond acceptors (Lipinski definition) is 0. The van der Waals surface area contributed by atoms with E-state index in [2.05, 4.69) is 60.8 Å². The van der Waals surface area contributed by atoms with Crippen molar-refractivity contribution >= 4 is 0 Å². The van der Waals surface area contributed by atoms with Crippen molar-refractivity contribution in [2.24, 2.45) is 0 Å². The van der Waals surface area contributed by atoms with Crippen molar-refractivity contribution in [3.05, 3.63) is 47.5 Å². The Morgan fingerprint density at radius 2 is 1.68 bits per heavy atom. The molecule has 2 aromatic rings. The van der Waals surface area contributed by atoms with Gasteiger partial charge in [-0.25, -0.2) is 9.13 Å².